The first-order valence-corrected chi connectivity index (χ1v) is 6.35. The Balaban J connectivity index is 2.04. The molecule has 4 heteroatoms. The molecular weight excluding hydrogens is 252 g/mol. The van der Waals surface area contributed by atoms with Crippen LogP contribution in [-0.2, 0) is 6.54 Å². The second-order valence-electron chi connectivity index (χ2n) is 4.43. The topological polar surface area (TPSA) is 55.2 Å². The lowest BCUT2D eigenvalue weighted by Crippen LogP contribution is -2.18. The van der Waals surface area contributed by atoms with Crippen molar-refractivity contribution in [3.63, 3.8) is 0 Å². The molecule has 0 heterocycles. The SMILES string of the molecule is C=CC(NCc1ccccc1)c1ccc([N+](=O)[O-])cc1. The Bertz CT molecular complexity index is 579. The Morgan fingerprint density at radius 1 is 1.15 bits per heavy atom. The minimum Gasteiger partial charge on any atom is -0.303 e. The first-order valence-electron chi connectivity index (χ1n) is 6.35. The summed E-state index contributed by atoms with van der Waals surface area (Å²) in [6, 6.07) is 16.5. The standard InChI is InChI=1S/C16H16N2O2/c1-2-16(17-12-13-6-4-3-5-7-13)14-8-10-15(11-9-14)18(19)20/h2-11,16-17H,1,12H2. The Kier molecular flexibility index (Phi) is 4.63. The average Bonchev–Trinajstić information content (AvgIpc) is 2.49. The predicted molar refractivity (Wildman–Crippen MR) is 79.3 cm³/mol. The third kappa shape index (κ3) is 3.52. The van der Waals surface area contributed by atoms with Gasteiger partial charge in [0.15, 0.2) is 0 Å². The Labute approximate surface area is 117 Å². The number of benzene rings is 2. The zero-order valence-electron chi connectivity index (χ0n) is 11.0. The van der Waals surface area contributed by atoms with Crippen LogP contribution in [0.25, 0.3) is 0 Å². The van der Waals surface area contributed by atoms with Crippen LogP contribution in [0.5, 0.6) is 0 Å². The molecule has 0 aliphatic rings. The molecule has 1 unspecified atom stereocenters. The van der Waals surface area contributed by atoms with E-state index in [2.05, 4.69) is 11.9 Å². The summed E-state index contributed by atoms with van der Waals surface area (Å²) in [5.74, 6) is 0. The third-order valence-corrected chi connectivity index (χ3v) is 3.07. The van der Waals surface area contributed by atoms with Crippen molar-refractivity contribution in [1.82, 2.24) is 5.32 Å². The summed E-state index contributed by atoms with van der Waals surface area (Å²) in [6.45, 7) is 4.53. The quantitative estimate of drug-likeness (QED) is 0.494. The number of nitrogens with zero attached hydrogens (tertiary/aromatic N) is 1. The molecule has 0 radical (unpaired) electrons. The Morgan fingerprint density at radius 2 is 1.80 bits per heavy atom. The van der Waals surface area contributed by atoms with Gasteiger partial charge in [0.05, 0.1) is 11.0 Å². The van der Waals surface area contributed by atoms with Crippen molar-refractivity contribution in [1.29, 1.82) is 0 Å². The summed E-state index contributed by atoms with van der Waals surface area (Å²) in [4.78, 5) is 10.2. The van der Waals surface area contributed by atoms with Crippen LogP contribution >= 0.6 is 0 Å². The van der Waals surface area contributed by atoms with Gasteiger partial charge in [-0.2, -0.15) is 0 Å². The molecular formula is C16H16N2O2. The van der Waals surface area contributed by atoms with Gasteiger partial charge in [0.25, 0.3) is 5.69 Å². The van der Waals surface area contributed by atoms with Gasteiger partial charge < -0.3 is 5.32 Å². The zero-order valence-corrected chi connectivity index (χ0v) is 11.0. The van der Waals surface area contributed by atoms with Crippen LogP contribution in [0.1, 0.15) is 17.2 Å². The van der Waals surface area contributed by atoms with Crippen molar-refractivity contribution in [3.8, 4) is 0 Å². The first-order chi connectivity index (χ1) is 9.70. The number of nitrogens with one attached hydrogen (secondary N) is 1. The number of hydrogen-bond donors (Lipinski definition) is 1. The Morgan fingerprint density at radius 3 is 2.35 bits per heavy atom. The van der Waals surface area contributed by atoms with E-state index in [0.29, 0.717) is 6.54 Å². The normalized spacial score (nSPS) is 11.8. The maximum atomic E-state index is 10.6. The van der Waals surface area contributed by atoms with Gasteiger partial charge in [-0.3, -0.25) is 10.1 Å². The summed E-state index contributed by atoms with van der Waals surface area (Å²) in [5.41, 5.74) is 2.24. The number of nitro benzene ring substituents is 1. The van der Waals surface area contributed by atoms with Crippen LogP contribution in [0.15, 0.2) is 67.3 Å². The molecule has 0 fully saturated rings. The van der Waals surface area contributed by atoms with Crippen molar-refractivity contribution in [2.45, 2.75) is 12.6 Å². The predicted octanol–water partition coefficient (Wildman–Crippen LogP) is 3.61. The molecule has 0 saturated carbocycles. The van der Waals surface area contributed by atoms with Gasteiger partial charge in [-0.1, -0.05) is 48.5 Å². The summed E-state index contributed by atoms with van der Waals surface area (Å²) in [5, 5.41) is 14.0. The number of rotatable bonds is 6. The highest BCUT2D eigenvalue weighted by Crippen LogP contribution is 2.19. The lowest BCUT2D eigenvalue weighted by atomic mass is 10.1. The third-order valence-electron chi connectivity index (χ3n) is 3.07. The van der Waals surface area contributed by atoms with Gasteiger partial charge in [0.2, 0.25) is 0 Å². The number of nitro groups is 1. The molecule has 20 heavy (non-hydrogen) atoms. The minimum atomic E-state index is -0.399. The van der Waals surface area contributed by atoms with E-state index in [0.717, 1.165) is 5.56 Å². The maximum Gasteiger partial charge on any atom is 0.269 e. The van der Waals surface area contributed by atoms with E-state index in [-0.39, 0.29) is 11.7 Å². The second-order valence-corrected chi connectivity index (χ2v) is 4.43. The van der Waals surface area contributed by atoms with Gasteiger partial charge in [0.1, 0.15) is 0 Å². The fraction of sp³-hybridized carbons (Fsp3) is 0.125. The molecule has 0 aliphatic heterocycles. The van der Waals surface area contributed by atoms with Crippen molar-refractivity contribution >= 4 is 5.69 Å². The largest absolute Gasteiger partial charge is 0.303 e. The molecule has 0 amide bonds. The van der Waals surface area contributed by atoms with E-state index in [9.17, 15) is 10.1 Å². The zero-order chi connectivity index (χ0) is 14.4. The Hall–Kier alpha value is -2.46. The fourth-order valence-corrected chi connectivity index (χ4v) is 1.96. The van der Waals surface area contributed by atoms with Gasteiger partial charge >= 0.3 is 0 Å². The molecule has 0 aromatic heterocycles. The van der Waals surface area contributed by atoms with Gasteiger partial charge in [-0.15, -0.1) is 6.58 Å². The monoisotopic (exact) mass is 268 g/mol. The second kappa shape index (κ2) is 6.63. The lowest BCUT2D eigenvalue weighted by Gasteiger charge is -2.15. The maximum absolute atomic E-state index is 10.6. The van der Waals surface area contributed by atoms with Gasteiger partial charge in [-0.05, 0) is 11.1 Å². The van der Waals surface area contributed by atoms with Crippen molar-refractivity contribution in [3.05, 3.63) is 88.5 Å². The minimum absolute atomic E-state index is 0.0315. The highest BCUT2D eigenvalue weighted by Gasteiger charge is 2.09. The lowest BCUT2D eigenvalue weighted by molar-refractivity contribution is -0.384. The smallest absolute Gasteiger partial charge is 0.269 e. The molecule has 0 saturated heterocycles. The van der Waals surface area contributed by atoms with Crippen LogP contribution in [0.3, 0.4) is 0 Å². The van der Waals surface area contributed by atoms with Crippen molar-refractivity contribution < 1.29 is 4.92 Å². The van der Waals surface area contributed by atoms with Crippen molar-refractivity contribution in [2.24, 2.45) is 0 Å². The van der Waals surface area contributed by atoms with Crippen LogP contribution in [-0.4, -0.2) is 4.92 Å². The van der Waals surface area contributed by atoms with E-state index >= 15 is 0 Å². The van der Waals surface area contributed by atoms with E-state index in [1.54, 1.807) is 18.2 Å². The molecule has 4 nitrogen and oxygen atoms in total. The summed E-state index contributed by atoms with van der Waals surface area (Å²) >= 11 is 0. The molecule has 2 rings (SSSR count). The molecule has 0 aliphatic carbocycles. The van der Waals surface area contributed by atoms with E-state index in [4.69, 9.17) is 0 Å². The average molecular weight is 268 g/mol. The first kappa shape index (κ1) is 14.0. The van der Waals surface area contributed by atoms with Crippen LogP contribution < -0.4 is 5.32 Å². The number of hydrogen-bond acceptors (Lipinski definition) is 3. The highest BCUT2D eigenvalue weighted by molar-refractivity contribution is 5.35. The van der Waals surface area contributed by atoms with Gasteiger partial charge in [0, 0.05) is 18.7 Å². The summed E-state index contributed by atoms with van der Waals surface area (Å²) < 4.78 is 0. The molecule has 0 bridgehead atoms. The van der Waals surface area contributed by atoms with E-state index < -0.39 is 4.92 Å². The van der Waals surface area contributed by atoms with Crippen LogP contribution in [0.4, 0.5) is 5.69 Å². The van der Waals surface area contributed by atoms with E-state index in [1.807, 2.05) is 30.3 Å². The van der Waals surface area contributed by atoms with Gasteiger partial charge in [-0.25, -0.2) is 0 Å². The summed E-state index contributed by atoms with van der Waals surface area (Å²) in [6.07, 6.45) is 1.80. The van der Waals surface area contributed by atoms with Crippen molar-refractivity contribution in [2.75, 3.05) is 0 Å². The molecule has 2 aromatic rings. The molecule has 102 valence electrons. The van der Waals surface area contributed by atoms with Crippen LogP contribution in [0, 0.1) is 10.1 Å². The molecule has 1 atom stereocenters. The fourth-order valence-electron chi connectivity index (χ4n) is 1.96. The van der Waals surface area contributed by atoms with E-state index in [1.165, 1.54) is 17.7 Å². The molecule has 2 aromatic carbocycles. The molecule has 0 spiro atoms. The summed E-state index contributed by atoms with van der Waals surface area (Å²) in [7, 11) is 0. The highest BCUT2D eigenvalue weighted by atomic mass is 16.6. The van der Waals surface area contributed by atoms with Crippen LogP contribution in [0.2, 0.25) is 0 Å². The number of non-ortho nitro benzene ring substituents is 1. The molecule has 1 N–H and O–H groups in total.